The summed E-state index contributed by atoms with van der Waals surface area (Å²) in [5.41, 5.74) is 7.37. The first-order valence-corrected chi connectivity index (χ1v) is 4.97. The fourth-order valence-corrected chi connectivity index (χ4v) is 1.32. The van der Waals surface area contributed by atoms with Crippen LogP contribution in [0.3, 0.4) is 0 Å². The smallest absolute Gasteiger partial charge is 0.179 e. The molecule has 6 nitrogen and oxygen atoms in total. The van der Waals surface area contributed by atoms with E-state index < -0.39 is 0 Å². The number of anilines is 1. The minimum Gasteiger partial charge on any atom is -0.490 e. The predicted molar refractivity (Wildman–Crippen MR) is 60.3 cm³/mol. The highest BCUT2D eigenvalue weighted by atomic mass is 16.6. The number of nitrogens with zero attached hydrogens (tertiary/aromatic N) is 3. The van der Waals surface area contributed by atoms with Crippen molar-refractivity contribution in [1.82, 2.24) is 15.2 Å². The van der Waals surface area contributed by atoms with Crippen molar-refractivity contribution in [3.8, 4) is 5.75 Å². The topological polar surface area (TPSA) is 77.4 Å². The zero-order valence-corrected chi connectivity index (χ0v) is 9.30. The molecule has 0 bridgehead atoms. The molecule has 0 amide bonds. The second-order valence-corrected chi connectivity index (χ2v) is 3.77. The van der Waals surface area contributed by atoms with Crippen molar-refractivity contribution in [2.24, 2.45) is 0 Å². The van der Waals surface area contributed by atoms with Gasteiger partial charge in [0.1, 0.15) is 6.61 Å². The molecule has 16 heavy (non-hydrogen) atoms. The summed E-state index contributed by atoms with van der Waals surface area (Å²) >= 11 is 0. The SMILES string of the molecule is CN(C)CCOc1ccc(N)c2nonc12. The van der Waals surface area contributed by atoms with E-state index in [0.29, 0.717) is 29.1 Å². The van der Waals surface area contributed by atoms with Crippen molar-refractivity contribution in [2.75, 3.05) is 33.0 Å². The number of benzene rings is 1. The molecule has 86 valence electrons. The van der Waals surface area contributed by atoms with E-state index in [2.05, 4.69) is 14.9 Å². The molecule has 0 fully saturated rings. The highest BCUT2D eigenvalue weighted by Gasteiger charge is 2.10. The van der Waals surface area contributed by atoms with E-state index in [-0.39, 0.29) is 0 Å². The summed E-state index contributed by atoms with van der Waals surface area (Å²) in [6.45, 7) is 1.41. The normalized spacial score (nSPS) is 11.2. The van der Waals surface area contributed by atoms with Crippen molar-refractivity contribution >= 4 is 16.7 Å². The number of hydrogen-bond donors (Lipinski definition) is 1. The van der Waals surface area contributed by atoms with E-state index in [1.165, 1.54) is 0 Å². The molecular formula is C10H14N4O2. The highest BCUT2D eigenvalue weighted by molar-refractivity contribution is 5.90. The Hall–Kier alpha value is -1.82. The lowest BCUT2D eigenvalue weighted by Crippen LogP contribution is -2.19. The number of rotatable bonds is 4. The largest absolute Gasteiger partial charge is 0.490 e. The molecule has 1 aromatic heterocycles. The lowest BCUT2D eigenvalue weighted by molar-refractivity contribution is 0.261. The van der Waals surface area contributed by atoms with E-state index in [0.717, 1.165) is 6.54 Å². The molecule has 6 heteroatoms. The van der Waals surface area contributed by atoms with Crippen LogP contribution in [0.1, 0.15) is 0 Å². The van der Waals surface area contributed by atoms with Crippen LogP contribution in [0.15, 0.2) is 16.8 Å². The van der Waals surface area contributed by atoms with Gasteiger partial charge in [-0.15, -0.1) is 0 Å². The molecule has 1 aromatic carbocycles. The first-order valence-electron chi connectivity index (χ1n) is 4.97. The first-order chi connectivity index (χ1) is 7.68. The predicted octanol–water partition coefficient (Wildman–Crippen LogP) is 0.745. The summed E-state index contributed by atoms with van der Waals surface area (Å²) < 4.78 is 10.2. The van der Waals surface area contributed by atoms with E-state index in [1.807, 2.05) is 19.0 Å². The molecule has 0 aliphatic carbocycles. The van der Waals surface area contributed by atoms with Crippen molar-refractivity contribution in [1.29, 1.82) is 0 Å². The molecule has 2 rings (SSSR count). The van der Waals surface area contributed by atoms with Gasteiger partial charge in [-0.05, 0) is 36.5 Å². The standard InChI is InChI=1S/C10H14N4O2/c1-14(2)5-6-15-8-4-3-7(11)9-10(8)13-16-12-9/h3-4H,5-6,11H2,1-2H3. The Labute approximate surface area is 92.9 Å². The van der Waals surface area contributed by atoms with Gasteiger partial charge in [0.15, 0.2) is 16.8 Å². The number of aromatic nitrogens is 2. The Bertz CT molecular complexity index is 481. The van der Waals surface area contributed by atoms with Crippen molar-refractivity contribution < 1.29 is 9.37 Å². The third kappa shape index (κ3) is 2.06. The van der Waals surface area contributed by atoms with Gasteiger partial charge in [0, 0.05) is 6.54 Å². The van der Waals surface area contributed by atoms with Crippen LogP contribution in [0.4, 0.5) is 5.69 Å². The van der Waals surface area contributed by atoms with Crippen LogP contribution in [0.25, 0.3) is 11.0 Å². The maximum atomic E-state index is 5.72. The molecule has 0 unspecified atom stereocenters. The highest BCUT2D eigenvalue weighted by Crippen LogP contribution is 2.26. The Morgan fingerprint density at radius 1 is 1.31 bits per heavy atom. The van der Waals surface area contributed by atoms with Gasteiger partial charge in [-0.25, -0.2) is 4.63 Å². The van der Waals surface area contributed by atoms with E-state index in [9.17, 15) is 0 Å². The van der Waals surface area contributed by atoms with Gasteiger partial charge in [0.25, 0.3) is 0 Å². The summed E-state index contributed by atoms with van der Waals surface area (Å²) in [4.78, 5) is 2.04. The monoisotopic (exact) mass is 222 g/mol. The first kappa shape index (κ1) is 10.7. The lowest BCUT2D eigenvalue weighted by atomic mass is 10.2. The van der Waals surface area contributed by atoms with Gasteiger partial charge in [-0.3, -0.25) is 0 Å². The van der Waals surface area contributed by atoms with Gasteiger partial charge in [0.2, 0.25) is 0 Å². The van der Waals surface area contributed by atoms with Gasteiger partial charge in [0.05, 0.1) is 5.69 Å². The minimum atomic E-state index is 0.538. The summed E-state index contributed by atoms with van der Waals surface area (Å²) in [6, 6.07) is 3.51. The Morgan fingerprint density at radius 2 is 2.06 bits per heavy atom. The number of fused-ring (bicyclic) bond motifs is 1. The van der Waals surface area contributed by atoms with E-state index >= 15 is 0 Å². The van der Waals surface area contributed by atoms with Crippen LogP contribution in [0.2, 0.25) is 0 Å². The number of ether oxygens (including phenoxy) is 1. The molecule has 0 saturated heterocycles. The van der Waals surface area contributed by atoms with Crippen LogP contribution in [-0.4, -0.2) is 42.5 Å². The molecule has 2 aromatic rings. The Balaban J connectivity index is 2.18. The van der Waals surface area contributed by atoms with Crippen molar-refractivity contribution in [3.05, 3.63) is 12.1 Å². The molecule has 2 N–H and O–H groups in total. The van der Waals surface area contributed by atoms with Gasteiger partial charge < -0.3 is 15.4 Å². The van der Waals surface area contributed by atoms with Gasteiger partial charge in [-0.1, -0.05) is 0 Å². The zero-order chi connectivity index (χ0) is 11.5. The number of nitrogens with two attached hydrogens (primary N) is 1. The van der Waals surface area contributed by atoms with Crippen LogP contribution in [0, 0.1) is 0 Å². The Morgan fingerprint density at radius 3 is 2.81 bits per heavy atom. The van der Waals surface area contributed by atoms with Gasteiger partial charge >= 0.3 is 0 Å². The second-order valence-electron chi connectivity index (χ2n) is 3.77. The third-order valence-corrected chi connectivity index (χ3v) is 2.21. The summed E-state index contributed by atoms with van der Waals surface area (Å²) in [5, 5.41) is 7.49. The maximum absolute atomic E-state index is 5.72. The second kappa shape index (κ2) is 4.36. The lowest BCUT2D eigenvalue weighted by Gasteiger charge is -2.10. The maximum Gasteiger partial charge on any atom is 0.179 e. The Kier molecular flexibility index (Phi) is 2.91. The van der Waals surface area contributed by atoms with E-state index in [4.69, 9.17) is 10.5 Å². The average Bonchev–Trinajstić information content (AvgIpc) is 2.70. The van der Waals surface area contributed by atoms with Crippen LogP contribution < -0.4 is 10.5 Å². The quantitative estimate of drug-likeness (QED) is 0.769. The fourth-order valence-electron chi connectivity index (χ4n) is 1.32. The fraction of sp³-hybridized carbons (Fsp3) is 0.400. The summed E-state index contributed by atoms with van der Waals surface area (Å²) in [7, 11) is 3.97. The summed E-state index contributed by atoms with van der Waals surface area (Å²) in [5.74, 6) is 0.646. The average molecular weight is 222 g/mol. The number of nitrogen functional groups attached to an aromatic ring is 1. The van der Waals surface area contributed by atoms with E-state index in [1.54, 1.807) is 12.1 Å². The van der Waals surface area contributed by atoms with Crippen molar-refractivity contribution in [2.45, 2.75) is 0 Å². The molecule has 0 aliphatic rings. The minimum absolute atomic E-state index is 0.538. The molecule has 0 spiro atoms. The van der Waals surface area contributed by atoms with Crippen LogP contribution >= 0.6 is 0 Å². The third-order valence-electron chi connectivity index (χ3n) is 2.21. The van der Waals surface area contributed by atoms with Crippen LogP contribution in [-0.2, 0) is 0 Å². The van der Waals surface area contributed by atoms with Gasteiger partial charge in [-0.2, -0.15) is 0 Å². The number of likely N-dealkylation sites (N-methyl/N-ethyl adjacent to an activating group) is 1. The van der Waals surface area contributed by atoms with Crippen molar-refractivity contribution in [3.63, 3.8) is 0 Å². The molecule has 0 saturated carbocycles. The summed E-state index contributed by atoms with van der Waals surface area (Å²) in [6.07, 6.45) is 0. The van der Waals surface area contributed by atoms with Crippen LogP contribution in [0.5, 0.6) is 5.75 Å². The molecule has 0 radical (unpaired) electrons. The molecule has 0 atom stereocenters. The number of hydrogen-bond acceptors (Lipinski definition) is 6. The zero-order valence-electron chi connectivity index (χ0n) is 9.30. The molecular weight excluding hydrogens is 208 g/mol. The molecule has 0 aliphatic heterocycles. The molecule has 1 heterocycles.